The van der Waals surface area contributed by atoms with Crippen LogP contribution in [-0.2, 0) is 0 Å². The smallest absolute Gasteiger partial charge is 0.403 e. The van der Waals surface area contributed by atoms with Gasteiger partial charge in [-0.25, -0.2) is 0 Å². The minimum atomic E-state index is -2.14. The van der Waals surface area contributed by atoms with Crippen LogP contribution in [0.1, 0.15) is 15.9 Å². The number of para-hydroxylation sites is 1. The van der Waals surface area contributed by atoms with Crippen LogP contribution in [0.5, 0.6) is 17.2 Å². The van der Waals surface area contributed by atoms with E-state index in [-0.39, 0.29) is 22.6 Å². The Morgan fingerprint density at radius 2 is 1.76 bits per heavy atom. The van der Waals surface area contributed by atoms with Crippen LogP contribution in [0.2, 0.25) is 0 Å². The van der Waals surface area contributed by atoms with Crippen molar-refractivity contribution in [3.05, 3.63) is 59.2 Å². The van der Waals surface area contributed by atoms with Crippen molar-refractivity contribution in [2.75, 3.05) is 0 Å². The van der Waals surface area contributed by atoms with Crippen LogP contribution < -0.4 is 9.47 Å². The highest BCUT2D eigenvalue weighted by molar-refractivity contribution is 6.15. The van der Waals surface area contributed by atoms with Crippen LogP contribution in [0.15, 0.2) is 48.0 Å². The second-order valence-electron chi connectivity index (χ2n) is 4.89. The number of fused-ring (bicyclic) bond motifs is 3. The van der Waals surface area contributed by atoms with E-state index in [2.05, 4.69) is 0 Å². The first-order chi connectivity index (χ1) is 10.1. The molecule has 0 saturated carbocycles. The molecular weight excluding hydrogens is 272 g/mol. The summed E-state index contributed by atoms with van der Waals surface area (Å²) in [6.07, 6.45) is 1.54. The fourth-order valence-electron chi connectivity index (χ4n) is 2.51. The standard InChI is InChI=1S/C16H10O5/c17-10-5-6-14-11(8-10)15(18)12-7-9-3-1-2-4-13(9)20-16(12,19)21-14/h1-8,17,19H/t16-/m0/s1. The van der Waals surface area contributed by atoms with Crippen molar-refractivity contribution < 1.29 is 24.5 Å². The average molecular weight is 282 g/mol. The maximum Gasteiger partial charge on any atom is 0.403 e. The summed E-state index contributed by atoms with van der Waals surface area (Å²) >= 11 is 0. The van der Waals surface area contributed by atoms with Gasteiger partial charge in [-0.2, -0.15) is 0 Å². The normalized spacial score (nSPS) is 22.1. The number of phenols is 1. The van der Waals surface area contributed by atoms with E-state index in [0.29, 0.717) is 11.3 Å². The van der Waals surface area contributed by atoms with Crippen molar-refractivity contribution in [2.24, 2.45) is 0 Å². The lowest BCUT2D eigenvalue weighted by molar-refractivity contribution is -0.243. The summed E-state index contributed by atoms with van der Waals surface area (Å²) in [7, 11) is 0. The highest BCUT2D eigenvalue weighted by atomic mass is 16.8. The van der Waals surface area contributed by atoms with Crippen molar-refractivity contribution in [1.29, 1.82) is 0 Å². The Labute approximate surface area is 119 Å². The van der Waals surface area contributed by atoms with Crippen LogP contribution in [0.25, 0.3) is 6.08 Å². The lowest BCUT2D eigenvalue weighted by atomic mass is 9.93. The van der Waals surface area contributed by atoms with E-state index in [9.17, 15) is 15.0 Å². The summed E-state index contributed by atoms with van der Waals surface area (Å²) in [4.78, 5) is 12.5. The molecule has 2 aromatic carbocycles. The number of hydrogen-bond donors (Lipinski definition) is 2. The van der Waals surface area contributed by atoms with Crippen LogP contribution in [0.4, 0.5) is 0 Å². The molecule has 2 heterocycles. The first kappa shape index (κ1) is 12.0. The third kappa shape index (κ3) is 1.64. The fourth-order valence-corrected chi connectivity index (χ4v) is 2.51. The Bertz CT molecular complexity index is 808. The van der Waals surface area contributed by atoms with Crippen molar-refractivity contribution in [2.45, 2.75) is 5.97 Å². The summed E-state index contributed by atoms with van der Waals surface area (Å²) in [5.74, 6) is -2.04. The van der Waals surface area contributed by atoms with E-state index < -0.39 is 11.8 Å². The summed E-state index contributed by atoms with van der Waals surface area (Å²) < 4.78 is 10.9. The zero-order valence-corrected chi connectivity index (χ0v) is 10.7. The molecule has 0 aliphatic carbocycles. The molecule has 0 unspecified atom stereocenters. The first-order valence-electron chi connectivity index (χ1n) is 6.36. The van der Waals surface area contributed by atoms with Gasteiger partial charge >= 0.3 is 5.97 Å². The van der Waals surface area contributed by atoms with Crippen LogP contribution in [-0.4, -0.2) is 22.0 Å². The molecule has 0 aromatic heterocycles. The van der Waals surface area contributed by atoms with Gasteiger partial charge in [-0.1, -0.05) is 18.2 Å². The molecule has 0 spiro atoms. The Balaban J connectivity index is 1.93. The number of carbonyl (C=O) groups is 1. The number of Topliss-reactive ketones (excluding diaryl/α,β-unsaturated/α-hetero) is 1. The molecule has 2 N–H and O–H groups in total. The quantitative estimate of drug-likeness (QED) is 0.773. The molecule has 2 aromatic rings. The van der Waals surface area contributed by atoms with Gasteiger partial charge in [0.2, 0.25) is 5.78 Å². The Morgan fingerprint density at radius 1 is 1.00 bits per heavy atom. The minimum absolute atomic E-state index is 0.0145. The van der Waals surface area contributed by atoms with Gasteiger partial charge in [-0.3, -0.25) is 4.79 Å². The van der Waals surface area contributed by atoms with Crippen LogP contribution >= 0.6 is 0 Å². The topological polar surface area (TPSA) is 76.0 Å². The lowest BCUT2D eigenvalue weighted by Crippen LogP contribution is -2.50. The van der Waals surface area contributed by atoms with Gasteiger partial charge in [0.25, 0.3) is 0 Å². The van der Waals surface area contributed by atoms with E-state index in [4.69, 9.17) is 9.47 Å². The number of phenolic OH excluding ortho intramolecular Hbond substituents is 1. The number of hydrogen-bond acceptors (Lipinski definition) is 5. The molecule has 0 bridgehead atoms. The molecule has 2 aliphatic heterocycles. The maximum atomic E-state index is 12.5. The first-order valence-corrected chi connectivity index (χ1v) is 6.36. The molecule has 2 aliphatic rings. The van der Waals surface area contributed by atoms with E-state index in [1.807, 2.05) is 0 Å². The van der Waals surface area contributed by atoms with Gasteiger partial charge in [-0.15, -0.1) is 0 Å². The number of ether oxygens (including phenoxy) is 2. The number of aliphatic hydroxyl groups is 1. The second-order valence-corrected chi connectivity index (χ2v) is 4.89. The van der Waals surface area contributed by atoms with E-state index >= 15 is 0 Å². The molecule has 0 fully saturated rings. The van der Waals surface area contributed by atoms with Gasteiger partial charge < -0.3 is 19.7 Å². The Morgan fingerprint density at radius 3 is 2.62 bits per heavy atom. The van der Waals surface area contributed by atoms with Gasteiger partial charge in [0.05, 0.1) is 5.56 Å². The zero-order valence-electron chi connectivity index (χ0n) is 10.7. The average Bonchev–Trinajstić information content (AvgIpc) is 2.46. The predicted molar refractivity (Wildman–Crippen MR) is 73.1 cm³/mol. The lowest BCUT2D eigenvalue weighted by Gasteiger charge is -2.37. The van der Waals surface area contributed by atoms with Crippen molar-refractivity contribution >= 4 is 11.9 Å². The Hall–Kier alpha value is -2.79. The highest BCUT2D eigenvalue weighted by Gasteiger charge is 2.49. The van der Waals surface area contributed by atoms with Gasteiger partial charge in [0.15, 0.2) is 0 Å². The number of rotatable bonds is 0. The molecule has 0 saturated heterocycles. The second kappa shape index (κ2) is 3.86. The summed E-state index contributed by atoms with van der Waals surface area (Å²) in [5.41, 5.74) is 0.853. The molecule has 4 rings (SSSR count). The molecule has 21 heavy (non-hydrogen) atoms. The summed E-state index contributed by atoms with van der Waals surface area (Å²) in [6, 6.07) is 11.1. The molecule has 5 nitrogen and oxygen atoms in total. The molecular formula is C16H10O5. The van der Waals surface area contributed by atoms with Crippen molar-refractivity contribution in [3.8, 4) is 17.2 Å². The molecule has 104 valence electrons. The third-order valence-electron chi connectivity index (χ3n) is 3.51. The number of benzene rings is 2. The van der Waals surface area contributed by atoms with Gasteiger partial charge in [0, 0.05) is 5.56 Å². The number of ketones is 1. The van der Waals surface area contributed by atoms with E-state index in [1.165, 1.54) is 24.3 Å². The zero-order chi connectivity index (χ0) is 14.6. The van der Waals surface area contributed by atoms with Gasteiger partial charge in [-0.05, 0) is 30.3 Å². The predicted octanol–water partition coefficient (Wildman–Crippen LogP) is 2.09. The van der Waals surface area contributed by atoms with Crippen LogP contribution in [0.3, 0.4) is 0 Å². The number of aromatic hydroxyl groups is 1. The van der Waals surface area contributed by atoms with Gasteiger partial charge in [0.1, 0.15) is 22.8 Å². The summed E-state index contributed by atoms with van der Waals surface area (Å²) in [5, 5.41) is 20.0. The SMILES string of the molecule is O=C1C2=Cc3ccccc3O[C@]2(O)Oc2ccc(O)cc21. The third-order valence-corrected chi connectivity index (χ3v) is 3.51. The molecule has 5 heteroatoms. The molecule has 0 amide bonds. The van der Waals surface area contributed by atoms with Crippen molar-refractivity contribution in [1.82, 2.24) is 0 Å². The molecule has 0 radical (unpaired) electrons. The largest absolute Gasteiger partial charge is 0.508 e. The minimum Gasteiger partial charge on any atom is -0.508 e. The van der Waals surface area contributed by atoms with Crippen LogP contribution in [0, 0.1) is 0 Å². The van der Waals surface area contributed by atoms with E-state index in [0.717, 1.165) is 0 Å². The maximum absolute atomic E-state index is 12.5. The summed E-state index contributed by atoms with van der Waals surface area (Å²) in [6.45, 7) is 0. The van der Waals surface area contributed by atoms with E-state index in [1.54, 1.807) is 24.3 Å². The molecule has 1 atom stereocenters. The number of carbonyl (C=O) groups excluding carboxylic acids is 1. The van der Waals surface area contributed by atoms with Crippen molar-refractivity contribution in [3.63, 3.8) is 0 Å². The highest BCUT2D eigenvalue weighted by Crippen LogP contribution is 2.42. The monoisotopic (exact) mass is 282 g/mol. The Kier molecular flexibility index (Phi) is 2.21. The fraction of sp³-hybridized carbons (Fsp3) is 0.0625.